The van der Waals surface area contributed by atoms with Crippen molar-refractivity contribution in [2.75, 3.05) is 11.9 Å². The molecule has 1 heterocycles. The van der Waals surface area contributed by atoms with Crippen molar-refractivity contribution in [3.8, 4) is 0 Å². The molecule has 2 aromatic carbocycles. The molecule has 0 radical (unpaired) electrons. The number of H-pyrrole nitrogens is 1. The zero-order valence-corrected chi connectivity index (χ0v) is 10.1. The summed E-state index contributed by atoms with van der Waals surface area (Å²) in [7, 11) is 0. The molecule has 0 atom stereocenters. The molecule has 0 aliphatic rings. The van der Waals surface area contributed by atoms with Gasteiger partial charge in [-0.05, 0) is 18.1 Å². The van der Waals surface area contributed by atoms with Crippen LogP contribution in [-0.4, -0.2) is 16.7 Å². The Balaban J connectivity index is 1.68. The first-order valence-electron chi connectivity index (χ1n) is 6.13. The molecule has 3 nitrogen and oxygen atoms in total. The molecule has 0 unspecified atom stereocenters. The fraction of sp³-hybridized carbons (Fsp3) is 0.133. The quantitative estimate of drug-likeness (QED) is 0.731. The van der Waals surface area contributed by atoms with Crippen molar-refractivity contribution in [1.82, 2.24) is 10.2 Å². The zero-order valence-electron chi connectivity index (χ0n) is 10.1. The molecule has 0 amide bonds. The standard InChI is InChI=1S/C15H15N3/c1-2-5-12(6-3-1)9-10-16-14-8-4-7-13-11-17-18-15(13)14/h1-8,11,16H,9-10H2,(H,17,18). The molecule has 0 aliphatic heterocycles. The number of aromatic nitrogens is 2. The van der Waals surface area contributed by atoms with Crippen LogP contribution in [0.5, 0.6) is 0 Å². The predicted octanol–water partition coefficient (Wildman–Crippen LogP) is 3.22. The Kier molecular flexibility index (Phi) is 2.96. The summed E-state index contributed by atoms with van der Waals surface area (Å²) in [5, 5.41) is 11.7. The average molecular weight is 237 g/mol. The molecule has 0 saturated carbocycles. The number of aromatic amines is 1. The fourth-order valence-electron chi connectivity index (χ4n) is 2.10. The van der Waals surface area contributed by atoms with E-state index in [1.807, 2.05) is 18.3 Å². The van der Waals surface area contributed by atoms with Gasteiger partial charge in [0.15, 0.2) is 0 Å². The third kappa shape index (κ3) is 2.20. The van der Waals surface area contributed by atoms with Crippen molar-refractivity contribution >= 4 is 16.6 Å². The van der Waals surface area contributed by atoms with Gasteiger partial charge >= 0.3 is 0 Å². The van der Waals surface area contributed by atoms with Gasteiger partial charge in [0.05, 0.1) is 17.4 Å². The van der Waals surface area contributed by atoms with Crippen molar-refractivity contribution in [2.24, 2.45) is 0 Å². The van der Waals surface area contributed by atoms with Crippen LogP contribution in [0.3, 0.4) is 0 Å². The van der Waals surface area contributed by atoms with Gasteiger partial charge in [0.2, 0.25) is 0 Å². The van der Waals surface area contributed by atoms with E-state index >= 15 is 0 Å². The summed E-state index contributed by atoms with van der Waals surface area (Å²) in [6, 6.07) is 16.7. The Morgan fingerprint density at radius 1 is 1.00 bits per heavy atom. The number of rotatable bonds is 4. The number of fused-ring (bicyclic) bond motifs is 1. The van der Waals surface area contributed by atoms with Crippen LogP contribution in [0.15, 0.2) is 54.7 Å². The van der Waals surface area contributed by atoms with E-state index < -0.39 is 0 Å². The minimum atomic E-state index is 0.919. The van der Waals surface area contributed by atoms with Crippen LogP contribution in [0.25, 0.3) is 10.9 Å². The minimum absolute atomic E-state index is 0.919. The van der Waals surface area contributed by atoms with Crippen LogP contribution in [0, 0.1) is 0 Å². The highest BCUT2D eigenvalue weighted by Crippen LogP contribution is 2.20. The second-order valence-corrected chi connectivity index (χ2v) is 4.30. The summed E-state index contributed by atoms with van der Waals surface area (Å²) >= 11 is 0. The zero-order chi connectivity index (χ0) is 12.2. The molecule has 0 saturated heterocycles. The van der Waals surface area contributed by atoms with Gasteiger partial charge in [-0.1, -0.05) is 42.5 Å². The molecule has 3 aromatic rings. The van der Waals surface area contributed by atoms with Gasteiger partial charge in [0.25, 0.3) is 0 Å². The number of benzene rings is 2. The van der Waals surface area contributed by atoms with Gasteiger partial charge in [0, 0.05) is 11.9 Å². The Bertz CT molecular complexity index is 628. The largest absolute Gasteiger partial charge is 0.383 e. The van der Waals surface area contributed by atoms with E-state index in [0.717, 1.165) is 29.6 Å². The lowest BCUT2D eigenvalue weighted by Gasteiger charge is -2.07. The molecular weight excluding hydrogens is 222 g/mol. The minimum Gasteiger partial charge on any atom is -0.383 e. The summed E-state index contributed by atoms with van der Waals surface area (Å²) in [5.74, 6) is 0. The van der Waals surface area contributed by atoms with Crippen LogP contribution >= 0.6 is 0 Å². The highest BCUT2D eigenvalue weighted by Gasteiger charge is 2.01. The van der Waals surface area contributed by atoms with Crippen molar-refractivity contribution in [1.29, 1.82) is 0 Å². The number of anilines is 1. The Hall–Kier alpha value is -2.29. The topological polar surface area (TPSA) is 40.7 Å². The predicted molar refractivity (Wildman–Crippen MR) is 74.7 cm³/mol. The normalized spacial score (nSPS) is 10.7. The number of hydrogen-bond acceptors (Lipinski definition) is 2. The van der Waals surface area contributed by atoms with Crippen molar-refractivity contribution < 1.29 is 0 Å². The van der Waals surface area contributed by atoms with E-state index in [1.165, 1.54) is 5.56 Å². The maximum absolute atomic E-state index is 4.06. The monoisotopic (exact) mass is 237 g/mol. The number of nitrogens with one attached hydrogen (secondary N) is 2. The molecule has 3 heteroatoms. The van der Waals surface area contributed by atoms with Crippen LogP contribution in [0.2, 0.25) is 0 Å². The van der Waals surface area contributed by atoms with E-state index in [2.05, 4.69) is 51.9 Å². The molecule has 2 N–H and O–H groups in total. The first-order valence-corrected chi connectivity index (χ1v) is 6.13. The van der Waals surface area contributed by atoms with Gasteiger partial charge in [0.1, 0.15) is 0 Å². The second kappa shape index (κ2) is 4.92. The van der Waals surface area contributed by atoms with Crippen molar-refractivity contribution in [3.05, 3.63) is 60.3 Å². The molecule has 3 rings (SSSR count). The van der Waals surface area contributed by atoms with Gasteiger partial charge in [-0.25, -0.2) is 0 Å². The van der Waals surface area contributed by atoms with Crippen LogP contribution in [0.1, 0.15) is 5.56 Å². The second-order valence-electron chi connectivity index (χ2n) is 4.30. The maximum Gasteiger partial charge on any atom is 0.0881 e. The first kappa shape index (κ1) is 10.8. The van der Waals surface area contributed by atoms with Gasteiger partial charge in [-0.15, -0.1) is 0 Å². The summed E-state index contributed by atoms with van der Waals surface area (Å²) in [5.41, 5.74) is 3.54. The highest BCUT2D eigenvalue weighted by molar-refractivity contribution is 5.89. The number of nitrogens with zero attached hydrogens (tertiary/aromatic N) is 1. The fourth-order valence-corrected chi connectivity index (χ4v) is 2.10. The van der Waals surface area contributed by atoms with Gasteiger partial charge in [-0.2, -0.15) is 5.10 Å². The smallest absolute Gasteiger partial charge is 0.0881 e. The highest BCUT2D eigenvalue weighted by atomic mass is 15.1. The third-order valence-corrected chi connectivity index (χ3v) is 3.05. The van der Waals surface area contributed by atoms with Gasteiger partial charge < -0.3 is 5.32 Å². The summed E-state index contributed by atoms with van der Waals surface area (Å²) in [4.78, 5) is 0. The van der Waals surface area contributed by atoms with E-state index in [0.29, 0.717) is 0 Å². The molecule has 90 valence electrons. The lowest BCUT2D eigenvalue weighted by Crippen LogP contribution is -2.05. The Morgan fingerprint density at radius 3 is 2.78 bits per heavy atom. The third-order valence-electron chi connectivity index (χ3n) is 3.05. The van der Waals surface area contributed by atoms with Crippen LogP contribution < -0.4 is 5.32 Å². The molecular formula is C15H15N3. The molecule has 0 aliphatic carbocycles. The lowest BCUT2D eigenvalue weighted by atomic mass is 10.1. The maximum atomic E-state index is 4.06. The van der Waals surface area contributed by atoms with Crippen LogP contribution in [-0.2, 0) is 6.42 Å². The van der Waals surface area contributed by atoms with Crippen LogP contribution in [0.4, 0.5) is 5.69 Å². The van der Waals surface area contributed by atoms with E-state index in [-0.39, 0.29) is 0 Å². The molecule has 1 aromatic heterocycles. The van der Waals surface area contributed by atoms with Crippen molar-refractivity contribution in [2.45, 2.75) is 6.42 Å². The molecule has 0 fully saturated rings. The van der Waals surface area contributed by atoms with E-state index in [4.69, 9.17) is 0 Å². The number of hydrogen-bond donors (Lipinski definition) is 2. The number of para-hydroxylation sites is 1. The summed E-state index contributed by atoms with van der Waals surface area (Å²) < 4.78 is 0. The Morgan fingerprint density at radius 2 is 1.89 bits per heavy atom. The summed E-state index contributed by atoms with van der Waals surface area (Å²) in [6.07, 6.45) is 2.86. The average Bonchev–Trinajstić information content (AvgIpc) is 2.89. The molecule has 0 bridgehead atoms. The molecule has 18 heavy (non-hydrogen) atoms. The lowest BCUT2D eigenvalue weighted by molar-refractivity contribution is 1.02. The van der Waals surface area contributed by atoms with Gasteiger partial charge in [-0.3, -0.25) is 5.10 Å². The SMILES string of the molecule is c1ccc(CCNc2cccc3cn[nH]c23)cc1. The Labute approximate surface area is 106 Å². The first-order chi connectivity index (χ1) is 8.93. The van der Waals surface area contributed by atoms with Crippen molar-refractivity contribution in [3.63, 3.8) is 0 Å². The van der Waals surface area contributed by atoms with E-state index in [1.54, 1.807) is 0 Å². The summed E-state index contributed by atoms with van der Waals surface area (Å²) in [6.45, 7) is 0.919. The molecule has 0 spiro atoms. The van der Waals surface area contributed by atoms with E-state index in [9.17, 15) is 0 Å².